The highest BCUT2D eigenvalue weighted by molar-refractivity contribution is 5.96. The van der Waals surface area contributed by atoms with E-state index in [4.69, 9.17) is 0 Å². The van der Waals surface area contributed by atoms with Gasteiger partial charge in [-0.05, 0) is 24.6 Å². The number of hydrogen-bond acceptors (Lipinski definition) is 2. The fraction of sp³-hybridized carbons (Fsp3) is 0.154. The van der Waals surface area contributed by atoms with E-state index in [1.165, 1.54) is 0 Å². The van der Waals surface area contributed by atoms with E-state index >= 15 is 0 Å². The van der Waals surface area contributed by atoms with Crippen molar-refractivity contribution in [3.63, 3.8) is 0 Å². The maximum Gasteiger partial charge on any atom is 0.323 e. The van der Waals surface area contributed by atoms with Gasteiger partial charge in [0.25, 0.3) is 0 Å². The molecule has 0 unspecified atom stereocenters. The summed E-state index contributed by atoms with van der Waals surface area (Å²) in [6, 6.07) is 9.16. The Bertz CT molecular complexity index is 511. The highest BCUT2D eigenvalue weighted by Gasteiger charge is 2.11. The summed E-state index contributed by atoms with van der Waals surface area (Å²) in [6.07, 6.45) is 6.21. The standard InChI is InChI=1S/C13H13N3O/c1-2-11-6-5-9-16(10-11)15-13(17)12-7-3-4-8-14-12/h3-10H,2H2,1H3/p+1. The van der Waals surface area contributed by atoms with Gasteiger partial charge in [0.15, 0.2) is 6.20 Å². The molecule has 2 heterocycles. The first-order valence-electron chi connectivity index (χ1n) is 5.52. The van der Waals surface area contributed by atoms with Gasteiger partial charge < -0.3 is 0 Å². The maximum absolute atomic E-state index is 11.8. The van der Waals surface area contributed by atoms with Crippen molar-refractivity contribution in [3.05, 3.63) is 60.2 Å². The Kier molecular flexibility index (Phi) is 3.45. The van der Waals surface area contributed by atoms with Gasteiger partial charge in [0.05, 0.1) is 0 Å². The number of rotatable bonds is 3. The van der Waals surface area contributed by atoms with Gasteiger partial charge in [0.2, 0.25) is 6.20 Å². The van der Waals surface area contributed by atoms with Crippen LogP contribution in [0.5, 0.6) is 0 Å². The summed E-state index contributed by atoms with van der Waals surface area (Å²) < 4.78 is 1.65. The van der Waals surface area contributed by atoms with Gasteiger partial charge in [-0.15, -0.1) is 5.43 Å². The van der Waals surface area contributed by atoms with Gasteiger partial charge in [-0.25, -0.2) is 0 Å². The second-order valence-corrected chi connectivity index (χ2v) is 3.63. The van der Waals surface area contributed by atoms with E-state index in [0.29, 0.717) is 5.69 Å². The zero-order valence-electron chi connectivity index (χ0n) is 9.63. The van der Waals surface area contributed by atoms with Gasteiger partial charge in [-0.1, -0.05) is 17.7 Å². The van der Waals surface area contributed by atoms with Crippen LogP contribution in [0.1, 0.15) is 23.0 Å². The number of pyridine rings is 2. The van der Waals surface area contributed by atoms with Gasteiger partial charge in [-0.3, -0.25) is 9.78 Å². The summed E-state index contributed by atoms with van der Waals surface area (Å²) in [6.45, 7) is 2.07. The number of nitrogens with one attached hydrogen (secondary N) is 1. The lowest BCUT2D eigenvalue weighted by atomic mass is 10.2. The smallest absolute Gasteiger partial charge is 0.262 e. The molecule has 2 rings (SSSR count). The highest BCUT2D eigenvalue weighted by Crippen LogP contribution is 1.95. The number of aromatic nitrogens is 2. The fourth-order valence-corrected chi connectivity index (χ4v) is 1.47. The van der Waals surface area contributed by atoms with Crippen LogP contribution < -0.4 is 10.1 Å². The molecule has 0 fully saturated rings. The van der Waals surface area contributed by atoms with Crippen LogP contribution in [-0.4, -0.2) is 10.9 Å². The molecule has 0 spiro atoms. The van der Waals surface area contributed by atoms with Crippen LogP contribution in [0.15, 0.2) is 48.9 Å². The molecular weight excluding hydrogens is 214 g/mol. The van der Waals surface area contributed by atoms with Crippen LogP contribution in [0.3, 0.4) is 0 Å². The molecule has 86 valence electrons. The number of carbonyl (C=O) groups is 1. The second-order valence-electron chi connectivity index (χ2n) is 3.63. The van der Waals surface area contributed by atoms with Crippen molar-refractivity contribution >= 4 is 5.91 Å². The molecule has 1 N–H and O–H groups in total. The summed E-state index contributed by atoms with van der Waals surface area (Å²) in [5.41, 5.74) is 4.31. The Balaban J connectivity index is 2.13. The predicted octanol–water partition coefficient (Wildman–Crippen LogP) is 1.32. The lowest BCUT2D eigenvalue weighted by Crippen LogP contribution is -2.48. The summed E-state index contributed by atoms with van der Waals surface area (Å²) in [5, 5.41) is 0. The lowest BCUT2D eigenvalue weighted by molar-refractivity contribution is -0.641. The zero-order chi connectivity index (χ0) is 12.1. The van der Waals surface area contributed by atoms with Crippen molar-refractivity contribution < 1.29 is 9.47 Å². The Labute approximate surface area is 99.9 Å². The molecule has 2 aromatic heterocycles. The molecule has 0 atom stereocenters. The second kappa shape index (κ2) is 5.21. The molecule has 0 saturated carbocycles. The molecule has 0 aromatic carbocycles. The SMILES string of the molecule is CCc1ccc[n+](NC(=O)c2ccccn2)c1. The van der Waals surface area contributed by atoms with Crippen molar-refractivity contribution in [1.82, 2.24) is 4.98 Å². The number of carbonyl (C=O) groups excluding carboxylic acids is 1. The van der Waals surface area contributed by atoms with E-state index in [0.717, 1.165) is 12.0 Å². The molecule has 4 nitrogen and oxygen atoms in total. The molecule has 0 bridgehead atoms. The molecule has 1 amide bonds. The Hall–Kier alpha value is -2.23. The summed E-state index contributed by atoms with van der Waals surface area (Å²) >= 11 is 0. The largest absolute Gasteiger partial charge is 0.323 e. The van der Waals surface area contributed by atoms with E-state index in [-0.39, 0.29) is 5.91 Å². The lowest BCUT2D eigenvalue weighted by Gasteiger charge is -1.99. The molecular formula is C13H14N3O+. The van der Waals surface area contributed by atoms with E-state index in [1.54, 1.807) is 35.3 Å². The minimum atomic E-state index is -0.219. The fourth-order valence-electron chi connectivity index (χ4n) is 1.47. The highest BCUT2D eigenvalue weighted by atomic mass is 16.2. The summed E-state index contributed by atoms with van der Waals surface area (Å²) in [4.78, 5) is 15.8. The Morgan fingerprint density at radius 1 is 1.35 bits per heavy atom. The molecule has 2 aromatic rings. The van der Waals surface area contributed by atoms with Crippen LogP contribution in [0.25, 0.3) is 0 Å². The van der Waals surface area contributed by atoms with Gasteiger partial charge >= 0.3 is 5.91 Å². The van der Waals surface area contributed by atoms with Gasteiger partial charge in [0, 0.05) is 17.8 Å². The monoisotopic (exact) mass is 228 g/mol. The topological polar surface area (TPSA) is 45.9 Å². The third-order valence-electron chi connectivity index (χ3n) is 2.40. The summed E-state index contributed by atoms with van der Waals surface area (Å²) in [5.74, 6) is -0.219. The molecule has 0 saturated heterocycles. The van der Waals surface area contributed by atoms with Gasteiger partial charge in [0.1, 0.15) is 5.69 Å². The van der Waals surface area contributed by atoms with Gasteiger partial charge in [-0.2, -0.15) is 0 Å². The molecule has 4 heteroatoms. The number of hydrogen-bond donors (Lipinski definition) is 1. The third-order valence-corrected chi connectivity index (χ3v) is 2.40. The number of aryl methyl sites for hydroxylation is 1. The van der Waals surface area contributed by atoms with E-state index in [1.807, 2.05) is 18.3 Å². The van der Waals surface area contributed by atoms with E-state index < -0.39 is 0 Å². The Morgan fingerprint density at radius 3 is 2.94 bits per heavy atom. The minimum Gasteiger partial charge on any atom is -0.262 e. The normalized spacial score (nSPS) is 9.94. The van der Waals surface area contributed by atoms with E-state index in [2.05, 4.69) is 17.3 Å². The van der Waals surface area contributed by atoms with Crippen molar-refractivity contribution in [1.29, 1.82) is 0 Å². The third kappa shape index (κ3) is 2.87. The molecule has 0 aliphatic carbocycles. The average molecular weight is 228 g/mol. The van der Waals surface area contributed by atoms with Crippen molar-refractivity contribution in [2.24, 2.45) is 0 Å². The number of nitrogens with zero attached hydrogens (tertiary/aromatic N) is 2. The van der Waals surface area contributed by atoms with Crippen molar-refractivity contribution in [3.8, 4) is 0 Å². The van der Waals surface area contributed by atoms with Crippen LogP contribution >= 0.6 is 0 Å². The molecule has 0 aliphatic rings. The minimum absolute atomic E-state index is 0.219. The summed E-state index contributed by atoms with van der Waals surface area (Å²) in [7, 11) is 0. The van der Waals surface area contributed by atoms with E-state index in [9.17, 15) is 4.79 Å². The van der Waals surface area contributed by atoms with Crippen molar-refractivity contribution in [2.75, 3.05) is 5.43 Å². The van der Waals surface area contributed by atoms with Crippen LogP contribution in [0.4, 0.5) is 0 Å². The first-order chi connectivity index (χ1) is 8.29. The van der Waals surface area contributed by atoms with Crippen LogP contribution in [0.2, 0.25) is 0 Å². The Morgan fingerprint density at radius 2 is 2.24 bits per heavy atom. The van der Waals surface area contributed by atoms with Crippen LogP contribution in [-0.2, 0) is 6.42 Å². The first-order valence-corrected chi connectivity index (χ1v) is 5.52. The quantitative estimate of drug-likeness (QED) is 0.805. The predicted molar refractivity (Wildman–Crippen MR) is 63.9 cm³/mol. The molecule has 0 radical (unpaired) electrons. The average Bonchev–Trinajstić information content (AvgIpc) is 2.40. The number of amides is 1. The molecule has 0 aliphatic heterocycles. The van der Waals surface area contributed by atoms with Crippen LogP contribution in [0, 0.1) is 0 Å². The maximum atomic E-state index is 11.8. The molecule has 17 heavy (non-hydrogen) atoms. The zero-order valence-corrected chi connectivity index (χ0v) is 9.63. The van der Waals surface area contributed by atoms with Crippen molar-refractivity contribution in [2.45, 2.75) is 13.3 Å². The first kappa shape index (κ1) is 11.3.